The van der Waals surface area contributed by atoms with Crippen LogP contribution in [-0.2, 0) is 14.8 Å². The maximum atomic E-state index is 12.7. The van der Waals surface area contributed by atoms with Gasteiger partial charge in [0.05, 0.1) is 25.0 Å². The van der Waals surface area contributed by atoms with Gasteiger partial charge in [-0.1, -0.05) is 15.9 Å². The third-order valence-electron chi connectivity index (χ3n) is 3.40. The topological polar surface area (TPSA) is 81.7 Å². The van der Waals surface area contributed by atoms with Gasteiger partial charge < -0.3 is 9.47 Å². The van der Waals surface area contributed by atoms with Crippen LogP contribution < -0.4 is 9.46 Å². The fourth-order valence-electron chi connectivity index (χ4n) is 2.18. The monoisotopic (exact) mass is 427 g/mol. The second-order valence-electron chi connectivity index (χ2n) is 5.15. The van der Waals surface area contributed by atoms with Crippen LogP contribution in [0, 0.1) is 6.92 Å². The van der Waals surface area contributed by atoms with Crippen molar-refractivity contribution in [3.63, 3.8) is 0 Å². The molecule has 0 aliphatic carbocycles. The minimum Gasteiger partial charge on any atom is -0.495 e. The Kier molecular flexibility index (Phi) is 6.07. The minimum atomic E-state index is -3.87. The van der Waals surface area contributed by atoms with Crippen LogP contribution in [0.25, 0.3) is 0 Å². The number of benzene rings is 2. The fraction of sp³-hybridized carbons (Fsp3) is 0.235. The van der Waals surface area contributed by atoms with Crippen LogP contribution in [0.4, 0.5) is 5.69 Å². The molecule has 2 aromatic carbocycles. The van der Waals surface area contributed by atoms with Gasteiger partial charge in [0.1, 0.15) is 10.6 Å². The lowest BCUT2D eigenvalue weighted by Gasteiger charge is -2.14. The molecule has 0 fully saturated rings. The van der Waals surface area contributed by atoms with Crippen LogP contribution in [0.5, 0.6) is 5.75 Å². The molecule has 0 aromatic heterocycles. The van der Waals surface area contributed by atoms with Crippen molar-refractivity contribution in [2.45, 2.75) is 18.7 Å². The molecule has 0 radical (unpaired) electrons. The van der Waals surface area contributed by atoms with Gasteiger partial charge in [-0.2, -0.15) is 0 Å². The summed E-state index contributed by atoms with van der Waals surface area (Å²) in [6.07, 6.45) is 0. The molecule has 0 aliphatic heterocycles. The normalized spacial score (nSPS) is 11.0. The number of nitrogens with one attached hydrogen (secondary N) is 1. The maximum Gasteiger partial charge on any atom is 0.338 e. The number of carbonyl (C=O) groups excluding carboxylic acids is 1. The molecule has 0 atom stereocenters. The highest BCUT2D eigenvalue weighted by Gasteiger charge is 2.21. The van der Waals surface area contributed by atoms with E-state index in [0.717, 1.165) is 0 Å². The molecule has 0 unspecified atom stereocenters. The van der Waals surface area contributed by atoms with Crippen molar-refractivity contribution in [3.05, 3.63) is 52.0 Å². The Hall–Kier alpha value is -2.06. The van der Waals surface area contributed by atoms with E-state index < -0.39 is 16.0 Å². The van der Waals surface area contributed by atoms with Crippen LogP contribution in [-0.4, -0.2) is 28.1 Å². The van der Waals surface area contributed by atoms with Crippen LogP contribution in [0.2, 0.25) is 0 Å². The highest BCUT2D eigenvalue weighted by atomic mass is 79.9. The van der Waals surface area contributed by atoms with Crippen molar-refractivity contribution in [2.24, 2.45) is 0 Å². The van der Waals surface area contributed by atoms with Gasteiger partial charge >= 0.3 is 5.97 Å². The van der Waals surface area contributed by atoms with E-state index in [1.54, 1.807) is 32.0 Å². The second-order valence-corrected chi connectivity index (χ2v) is 7.72. The number of carbonyl (C=O) groups is 1. The smallest absolute Gasteiger partial charge is 0.338 e. The van der Waals surface area contributed by atoms with Crippen molar-refractivity contribution < 1.29 is 22.7 Å². The van der Waals surface area contributed by atoms with Gasteiger partial charge in [0, 0.05) is 4.47 Å². The summed E-state index contributed by atoms with van der Waals surface area (Å²) in [7, 11) is -2.46. The summed E-state index contributed by atoms with van der Waals surface area (Å²) in [4.78, 5) is 11.8. The van der Waals surface area contributed by atoms with Gasteiger partial charge in [-0.05, 0) is 55.8 Å². The SMILES string of the molecule is CCOC(=O)c1ccc(NS(=O)(=O)c2cc(Br)ccc2OC)c(C)c1. The van der Waals surface area contributed by atoms with Crippen molar-refractivity contribution in [1.29, 1.82) is 0 Å². The number of aryl methyl sites for hydroxylation is 1. The number of rotatable bonds is 6. The molecular weight excluding hydrogens is 410 g/mol. The maximum absolute atomic E-state index is 12.7. The first-order valence-corrected chi connectivity index (χ1v) is 9.70. The molecule has 25 heavy (non-hydrogen) atoms. The van der Waals surface area contributed by atoms with E-state index in [-0.39, 0.29) is 17.3 Å². The molecule has 0 saturated carbocycles. The zero-order valence-corrected chi connectivity index (χ0v) is 16.4. The molecule has 2 aromatic rings. The van der Waals surface area contributed by atoms with Gasteiger partial charge in [0.25, 0.3) is 10.0 Å². The third-order valence-corrected chi connectivity index (χ3v) is 5.28. The number of esters is 1. The summed E-state index contributed by atoms with van der Waals surface area (Å²) in [5.74, 6) is -0.217. The van der Waals surface area contributed by atoms with Crippen LogP contribution in [0.3, 0.4) is 0 Å². The van der Waals surface area contributed by atoms with E-state index >= 15 is 0 Å². The predicted octanol–water partition coefficient (Wildman–Crippen LogP) is 3.74. The number of ether oxygens (including phenoxy) is 2. The van der Waals surface area contributed by atoms with E-state index in [1.165, 1.54) is 25.3 Å². The molecule has 0 spiro atoms. The number of hydrogen-bond acceptors (Lipinski definition) is 5. The van der Waals surface area contributed by atoms with Gasteiger partial charge in [-0.3, -0.25) is 4.72 Å². The van der Waals surface area contributed by atoms with Crippen LogP contribution in [0.1, 0.15) is 22.8 Å². The predicted molar refractivity (Wildman–Crippen MR) is 98.6 cm³/mol. The summed E-state index contributed by atoms with van der Waals surface area (Å²) >= 11 is 3.26. The molecule has 2 rings (SSSR count). The molecular formula is C17H18BrNO5S. The van der Waals surface area contributed by atoms with Crippen molar-refractivity contribution >= 4 is 37.6 Å². The number of anilines is 1. The van der Waals surface area contributed by atoms with E-state index in [2.05, 4.69) is 20.7 Å². The van der Waals surface area contributed by atoms with Gasteiger partial charge in [-0.15, -0.1) is 0 Å². The molecule has 0 bridgehead atoms. The average Bonchev–Trinajstić information content (AvgIpc) is 2.56. The van der Waals surface area contributed by atoms with Gasteiger partial charge in [0.15, 0.2) is 0 Å². The quantitative estimate of drug-likeness (QED) is 0.709. The molecule has 8 heteroatoms. The zero-order chi connectivity index (χ0) is 18.6. The summed E-state index contributed by atoms with van der Waals surface area (Å²) in [5, 5.41) is 0. The lowest BCUT2D eigenvalue weighted by Crippen LogP contribution is -2.15. The lowest BCUT2D eigenvalue weighted by molar-refractivity contribution is 0.0526. The van der Waals surface area contributed by atoms with Crippen LogP contribution >= 0.6 is 15.9 Å². The van der Waals surface area contributed by atoms with E-state index in [4.69, 9.17) is 9.47 Å². The summed E-state index contributed by atoms with van der Waals surface area (Å²) in [5.41, 5.74) is 1.33. The van der Waals surface area contributed by atoms with Gasteiger partial charge in [0.2, 0.25) is 0 Å². The molecule has 0 aliphatic rings. The van der Waals surface area contributed by atoms with E-state index in [1.807, 2.05) is 0 Å². The number of halogens is 1. The first-order valence-electron chi connectivity index (χ1n) is 7.42. The number of methoxy groups -OCH3 is 1. The number of hydrogen-bond donors (Lipinski definition) is 1. The number of sulfonamides is 1. The Balaban J connectivity index is 2.36. The van der Waals surface area contributed by atoms with Gasteiger partial charge in [-0.25, -0.2) is 13.2 Å². The van der Waals surface area contributed by atoms with E-state index in [9.17, 15) is 13.2 Å². The Morgan fingerprint density at radius 3 is 2.52 bits per heavy atom. The van der Waals surface area contributed by atoms with Crippen molar-refractivity contribution in [3.8, 4) is 5.75 Å². The summed E-state index contributed by atoms with van der Waals surface area (Å²) in [6, 6.07) is 9.34. The first kappa shape index (κ1) is 19.3. The molecule has 134 valence electrons. The van der Waals surface area contributed by atoms with Crippen LogP contribution in [0.15, 0.2) is 45.8 Å². The Morgan fingerprint density at radius 2 is 1.92 bits per heavy atom. The lowest BCUT2D eigenvalue weighted by atomic mass is 10.1. The van der Waals surface area contributed by atoms with E-state index in [0.29, 0.717) is 21.3 Å². The molecule has 0 heterocycles. The average molecular weight is 428 g/mol. The van der Waals surface area contributed by atoms with Crippen molar-refractivity contribution in [2.75, 3.05) is 18.4 Å². The fourth-order valence-corrected chi connectivity index (χ4v) is 4.02. The Labute approximate surface area is 155 Å². The van der Waals surface area contributed by atoms with Crippen molar-refractivity contribution in [1.82, 2.24) is 0 Å². The summed E-state index contributed by atoms with van der Waals surface area (Å²) < 4.78 is 38.6. The second kappa shape index (κ2) is 7.88. The summed E-state index contributed by atoms with van der Waals surface area (Å²) in [6.45, 7) is 3.70. The highest BCUT2D eigenvalue weighted by molar-refractivity contribution is 9.10. The first-order chi connectivity index (χ1) is 11.8. The standard InChI is InChI=1S/C17H18BrNO5S/c1-4-24-17(20)12-5-7-14(11(2)9-12)19-25(21,22)16-10-13(18)6-8-15(16)23-3/h5-10,19H,4H2,1-3H3. The molecule has 6 nitrogen and oxygen atoms in total. The molecule has 0 amide bonds. The highest BCUT2D eigenvalue weighted by Crippen LogP contribution is 2.29. The molecule has 0 saturated heterocycles. The zero-order valence-electron chi connectivity index (χ0n) is 14.0. The minimum absolute atomic E-state index is 0.0123. The Bertz CT molecular complexity index is 896. The third kappa shape index (κ3) is 4.52. The Morgan fingerprint density at radius 1 is 1.20 bits per heavy atom. The largest absolute Gasteiger partial charge is 0.495 e. The molecule has 1 N–H and O–H groups in total.